The molecule has 0 unspecified atom stereocenters. The first-order valence-electron chi connectivity index (χ1n) is 5.80. The Morgan fingerprint density at radius 1 is 1.16 bits per heavy atom. The van der Waals surface area contributed by atoms with E-state index in [1.807, 2.05) is 6.92 Å². The molecule has 0 saturated carbocycles. The number of aryl methyl sites for hydroxylation is 1. The molecule has 1 heterocycles. The lowest BCUT2D eigenvalue weighted by molar-refractivity contribution is -0.137. The maximum Gasteiger partial charge on any atom is 0.417 e. The summed E-state index contributed by atoms with van der Waals surface area (Å²) in [4.78, 5) is 11.1. The van der Waals surface area contributed by atoms with Crippen molar-refractivity contribution in [3.05, 3.63) is 47.8 Å². The van der Waals surface area contributed by atoms with E-state index < -0.39 is 11.7 Å². The van der Waals surface area contributed by atoms with Crippen molar-refractivity contribution >= 4 is 6.29 Å². The maximum atomic E-state index is 13.0. The Balaban J connectivity index is 2.66. The summed E-state index contributed by atoms with van der Waals surface area (Å²) < 4.78 is 40.5. The van der Waals surface area contributed by atoms with Gasteiger partial charge in [0, 0.05) is 18.3 Å². The van der Waals surface area contributed by atoms with Crippen LogP contribution < -0.4 is 0 Å². The molecule has 0 aliphatic heterocycles. The predicted octanol–water partition coefficient (Wildman–Crippen LogP) is 4.01. The zero-order valence-corrected chi connectivity index (χ0v) is 10.2. The van der Waals surface area contributed by atoms with E-state index in [2.05, 4.69) is 0 Å². The van der Waals surface area contributed by atoms with Gasteiger partial charge >= 0.3 is 6.18 Å². The highest BCUT2D eigenvalue weighted by molar-refractivity contribution is 5.87. The van der Waals surface area contributed by atoms with Gasteiger partial charge in [-0.15, -0.1) is 0 Å². The number of rotatable bonds is 3. The van der Waals surface area contributed by atoms with E-state index in [9.17, 15) is 18.0 Å². The molecule has 2 rings (SSSR count). The van der Waals surface area contributed by atoms with Gasteiger partial charge in [-0.2, -0.15) is 13.2 Å². The molecule has 2 nitrogen and oxygen atoms in total. The Bertz CT molecular complexity index is 599. The minimum absolute atomic E-state index is 0.0318. The second kappa shape index (κ2) is 4.91. The van der Waals surface area contributed by atoms with Crippen LogP contribution in [0.3, 0.4) is 0 Å². The highest BCUT2D eigenvalue weighted by Gasteiger charge is 2.34. The molecule has 0 saturated heterocycles. The molecule has 0 aliphatic carbocycles. The van der Waals surface area contributed by atoms with E-state index in [0.717, 1.165) is 6.07 Å². The number of aromatic nitrogens is 1. The van der Waals surface area contributed by atoms with Crippen molar-refractivity contribution in [1.82, 2.24) is 4.57 Å². The molecule has 0 spiro atoms. The van der Waals surface area contributed by atoms with Crippen LogP contribution in [0, 0.1) is 0 Å². The van der Waals surface area contributed by atoms with Crippen LogP contribution in [0.4, 0.5) is 13.2 Å². The molecular formula is C14H12F3NO. The Kier molecular flexibility index (Phi) is 3.46. The molecule has 19 heavy (non-hydrogen) atoms. The highest BCUT2D eigenvalue weighted by Crippen LogP contribution is 2.38. The van der Waals surface area contributed by atoms with Crippen molar-refractivity contribution < 1.29 is 18.0 Å². The summed E-state index contributed by atoms with van der Waals surface area (Å²) in [5.41, 5.74) is -0.125. The van der Waals surface area contributed by atoms with Gasteiger partial charge < -0.3 is 4.57 Å². The molecule has 5 heteroatoms. The highest BCUT2D eigenvalue weighted by atomic mass is 19.4. The average molecular weight is 267 g/mol. The summed E-state index contributed by atoms with van der Waals surface area (Å²) in [6.07, 6.45) is -2.23. The minimum Gasteiger partial charge on any atom is -0.345 e. The zero-order valence-electron chi connectivity index (χ0n) is 10.2. The number of halogens is 3. The van der Waals surface area contributed by atoms with E-state index in [1.54, 1.807) is 10.8 Å². The molecule has 0 aliphatic rings. The number of aldehydes is 1. The third-order valence-corrected chi connectivity index (χ3v) is 2.98. The number of nitrogens with zero attached hydrogens (tertiary/aromatic N) is 1. The molecule has 1 aromatic heterocycles. The monoisotopic (exact) mass is 267 g/mol. The van der Waals surface area contributed by atoms with Crippen LogP contribution in [0.5, 0.6) is 0 Å². The van der Waals surface area contributed by atoms with Gasteiger partial charge in [-0.25, -0.2) is 0 Å². The standard InChI is InChI=1S/C14H12F3NO/c1-2-18-8-7-11(13(18)9-19)10-5-3-4-6-12(10)14(15,16)17/h3-9H,2H2,1H3. The molecule has 1 aromatic carbocycles. The Morgan fingerprint density at radius 2 is 1.84 bits per heavy atom. The van der Waals surface area contributed by atoms with Gasteiger partial charge in [0.25, 0.3) is 0 Å². The third kappa shape index (κ3) is 2.41. The van der Waals surface area contributed by atoms with Crippen molar-refractivity contribution in [2.75, 3.05) is 0 Å². The molecule has 0 atom stereocenters. The molecule has 0 fully saturated rings. The fourth-order valence-electron chi connectivity index (χ4n) is 2.08. The van der Waals surface area contributed by atoms with Gasteiger partial charge in [0.1, 0.15) is 0 Å². The SMILES string of the molecule is CCn1ccc(-c2ccccc2C(F)(F)F)c1C=O. The molecule has 100 valence electrons. The summed E-state index contributed by atoms with van der Waals surface area (Å²) in [6.45, 7) is 2.36. The van der Waals surface area contributed by atoms with Crippen LogP contribution >= 0.6 is 0 Å². The van der Waals surface area contributed by atoms with Crippen LogP contribution in [0.1, 0.15) is 23.0 Å². The summed E-state index contributed by atoms with van der Waals surface area (Å²) in [7, 11) is 0. The van der Waals surface area contributed by atoms with Gasteiger partial charge in [-0.05, 0) is 24.6 Å². The van der Waals surface area contributed by atoms with E-state index in [-0.39, 0.29) is 11.3 Å². The fraction of sp³-hybridized carbons (Fsp3) is 0.214. The first-order chi connectivity index (χ1) is 8.99. The molecule has 0 amide bonds. The van der Waals surface area contributed by atoms with Crippen molar-refractivity contribution in [1.29, 1.82) is 0 Å². The zero-order chi connectivity index (χ0) is 14.0. The lowest BCUT2D eigenvalue weighted by atomic mass is 10.00. The number of hydrogen-bond donors (Lipinski definition) is 0. The fourth-order valence-corrected chi connectivity index (χ4v) is 2.08. The van der Waals surface area contributed by atoms with E-state index in [1.165, 1.54) is 24.3 Å². The number of carbonyl (C=O) groups is 1. The van der Waals surface area contributed by atoms with Crippen LogP contribution in [0.2, 0.25) is 0 Å². The number of benzene rings is 1. The van der Waals surface area contributed by atoms with E-state index in [0.29, 0.717) is 18.4 Å². The van der Waals surface area contributed by atoms with Crippen LogP contribution in [0.25, 0.3) is 11.1 Å². The maximum absolute atomic E-state index is 13.0. The predicted molar refractivity (Wildman–Crippen MR) is 65.9 cm³/mol. The summed E-state index contributed by atoms with van der Waals surface area (Å²) in [5, 5.41) is 0. The van der Waals surface area contributed by atoms with Gasteiger partial charge in [0.05, 0.1) is 11.3 Å². The largest absolute Gasteiger partial charge is 0.417 e. The van der Waals surface area contributed by atoms with Crippen LogP contribution in [-0.4, -0.2) is 10.9 Å². The first kappa shape index (κ1) is 13.4. The average Bonchev–Trinajstić information content (AvgIpc) is 2.80. The van der Waals surface area contributed by atoms with Crippen molar-refractivity contribution in [2.24, 2.45) is 0 Å². The van der Waals surface area contributed by atoms with E-state index in [4.69, 9.17) is 0 Å². The summed E-state index contributed by atoms with van der Waals surface area (Å²) >= 11 is 0. The smallest absolute Gasteiger partial charge is 0.345 e. The minimum atomic E-state index is -4.44. The van der Waals surface area contributed by atoms with Gasteiger partial charge in [0.15, 0.2) is 6.29 Å². The Hall–Kier alpha value is -2.04. The van der Waals surface area contributed by atoms with Crippen molar-refractivity contribution in [2.45, 2.75) is 19.6 Å². The Labute approximate surface area is 108 Å². The lowest BCUT2D eigenvalue weighted by Gasteiger charge is -2.12. The lowest BCUT2D eigenvalue weighted by Crippen LogP contribution is -2.07. The molecule has 0 radical (unpaired) electrons. The van der Waals surface area contributed by atoms with E-state index >= 15 is 0 Å². The topological polar surface area (TPSA) is 22.0 Å². The molecule has 0 N–H and O–H groups in total. The number of hydrogen-bond acceptors (Lipinski definition) is 1. The van der Waals surface area contributed by atoms with Crippen molar-refractivity contribution in [3.8, 4) is 11.1 Å². The van der Waals surface area contributed by atoms with Gasteiger partial charge in [-0.3, -0.25) is 4.79 Å². The second-order valence-corrected chi connectivity index (χ2v) is 4.06. The Morgan fingerprint density at radius 3 is 2.42 bits per heavy atom. The molecular weight excluding hydrogens is 255 g/mol. The van der Waals surface area contributed by atoms with Gasteiger partial charge in [0.2, 0.25) is 0 Å². The summed E-state index contributed by atoms with van der Waals surface area (Å²) in [5.74, 6) is 0. The first-order valence-corrected chi connectivity index (χ1v) is 5.80. The third-order valence-electron chi connectivity index (χ3n) is 2.98. The van der Waals surface area contributed by atoms with Crippen LogP contribution in [-0.2, 0) is 12.7 Å². The van der Waals surface area contributed by atoms with Crippen LogP contribution in [0.15, 0.2) is 36.5 Å². The quantitative estimate of drug-likeness (QED) is 0.770. The summed E-state index contributed by atoms with van der Waals surface area (Å²) in [6, 6.07) is 6.81. The number of carbonyl (C=O) groups excluding carboxylic acids is 1. The van der Waals surface area contributed by atoms with Gasteiger partial charge in [-0.1, -0.05) is 18.2 Å². The second-order valence-electron chi connectivity index (χ2n) is 4.06. The number of alkyl halides is 3. The van der Waals surface area contributed by atoms with Crippen molar-refractivity contribution in [3.63, 3.8) is 0 Å². The normalized spacial score (nSPS) is 11.6. The molecule has 0 bridgehead atoms. The molecule has 2 aromatic rings.